The predicted molar refractivity (Wildman–Crippen MR) is 107 cm³/mol. The van der Waals surface area contributed by atoms with E-state index in [9.17, 15) is 0 Å². The van der Waals surface area contributed by atoms with Crippen molar-refractivity contribution in [1.82, 2.24) is 0 Å². The zero-order chi connectivity index (χ0) is 16.7. The fourth-order valence-electron chi connectivity index (χ4n) is 2.87. The van der Waals surface area contributed by atoms with Crippen LogP contribution in [0.5, 0.6) is 0 Å². The second-order valence-electron chi connectivity index (χ2n) is 5.29. The van der Waals surface area contributed by atoms with Crippen molar-refractivity contribution in [3.8, 4) is 0 Å². The summed E-state index contributed by atoms with van der Waals surface area (Å²) < 4.78 is 8.17. The number of hydrogen-bond acceptors (Lipinski definition) is 1. The first kappa shape index (κ1) is 16.6. The Labute approximate surface area is 156 Å². The predicted octanol–water partition coefficient (Wildman–Crippen LogP) is 6.06. The lowest BCUT2D eigenvalue weighted by Crippen LogP contribution is -2.31. The van der Waals surface area contributed by atoms with Gasteiger partial charge in [-0.2, -0.15) is 0 Å². The molecular weight excluding hydrogens is 407 g/mol. The van der Waals surface area contributed by atoms with Gasteiger partial charge in [-0.15, -0.1) is 0 Å². The van der Waals surface area contributed by atoms with E-state index in [2.05, 4.69) is 64.7 Å². The molecule has 0 aliphatic carbocycles. The molecule has 0 heterocycles. The summed E-state index contributed by atoms with van der Waals surface area (Å²) in [5.74, 6) is 0. The maximum atomic E-state index is 6.36. The Morgan fingerprint density at radius 1 is 0.667 bits per heavy atom. The maximum Gasteiger partial charge on any atom is 0.184 e. The third-order valence-electron chi connectivity index (χ3n) is 3.91. The van der Waals surface area contributed by atoms with Crippen molar-refractivity contribution in [3.63, 3.8) is 0 Å². The highest BCUT2D eigenvalue weighted by Gasteiger charge is 2.37. The minimum Gasteiger partial charge on any atom is -0.472 e. The molecule has 0 amide bonds. The topological polar surface area (TPSA) is 9.23 Å². The molecule has 0 fully saturated rings. The van der Waals surface area contributed by atoms with Gasteiger partial charge in [-0.05, 0) is 22.6 Å². The summed E-state index contributed by atoms with van der Waals surface area (Å²) in [5, 5.41) is 0. The average molecular weight is 424 g/mol. The molecule has 2 heteroatoms. The minimum atomic E-state index is -0.712. The van der Waals surface area contributed by atoms with E-state index >= 15 is 0 Å². The molecule has 0 atom stereocenters. The molecule has 24 heavy (non-hydrogen) atoms. The zero-order valence-electron chi connectivity index (χ0n) is 13.1. The Bertz CT molecular complexity index is 723. The number of hydrogen-bond donors (Lipinski definition) is 0. The van der Waals surface area contributed by atoms with Crippen LogP contribution in [0.2, 0.25) is 0 Å². The van der Waals surface area contributed by atoms with Gasteiger partial charge in [0.25, 0.3) is 0 Å². The van der Waals surface area contributed by atoms with Crippen molar-refractivity contribution < 1.29 is 4.74 Å². The van der Waals surface area contributed by atoms with Gasteiger partial charge in [0.2, 0.25) is 0 Å². The molecule has 0 unspecified atom stereocenters. The lowest BCUT2D eigenvalue weighted by Gasteiger charge is -2.34. The van der Waals surface area contributed by atoms with Crippen molar-refractivity contribution in [1.29, 1.82) is 0 Å². The molecule has 3 aromatic carbocycles. The summed E-state index contributed by atoms with van der Waals surface area (Å²) in [5.41, 5.74) is 5.55. The Morgan fingerprint density at radius 2 is 1.04 bits per heavy atom. The molecule has 118 valence electrons. The fourth-order valence-corrected chi connectivity index (χ4v) is 3.02. The molecule has 0 saturated carbocycles. The highest BCUT2D eigenvalue weighted by molar-refractivity contribution is 14.1. The van der Waals surface area contributed by atoms with E-state index in [-0.39, 0.29) is 0 Å². The van der Waals surface area contributed by atoms with Gasteiger partial charge >= 0.3 is 0 Å². The highest BCUT2D eigenvalue weighted by Crippen LogP contribution is 2.40. The molecular formula is C22H17IO. The van der Waals surface area contributed by atoms with Gasteiger partial charge in [0.15, 0.2) is 5.60 Å². The quantitative estimate of drug-likeness (QED) is 0.210. The van der Waals surface area contributed by atoms with Crippen molar-refractivity contribution in [3.05, 3.63) is 124 Å². The number of benzene rings is 3. The summed E-state index contributed by atoms with van der Waals surface area (Å²) in [6.45, 7) is 0. The number of halogens is 1. The van der Waals surface area contributed by atoms with Crippen molar-refractivity contribution in [2.24, 2.45) is 0 Å². The largest absolute Gasteiger partial charge is 0.472 e. The third kappa shape index (κ3) is 3.30. The van der Waals surface area contributed by atoms with Crippen LogP contribution in [-0.4, -0.2) is 0 Å². The lowest BCUT2D eigenvalue weighted by molar-refractivity contribution is 0.0984. The van der Waals surface area contributed by atoms with E-state index in [1.165, 1.54) is 0 Å². The molecule has 0 N–H and O–H groups in total. The van der Waals surface area contributed by atoms with E-state index in [0.29, 0.717) is 0 Å². The fraction of sp³-hybridized carbons (Fsp3) is 0.0455. The van der Waals surface area contributed by atoms with Crippen LogP contribution in [0.25, 0.3) is 0 Å². The molecule has 0 bridgehead atoms. The zero-order valence-corrected chi connectivity index (χ0v) is 15.3. The van der Waals surface area contributed by atoms with Crippen molar-refractivity contribution in [2.75, 3.05) is 0 Å². The summed E-state index contributed by atoms with van der Waals surface area (Å²) in [6.07, 6.45) is 1.64. The SMILES string of the molecule is IC=C=COC(c1ccccc1)(c1ccccc1)c1ccccc1. The first-order chi connectivity index (χ1) is 11.9. The molecule has 1 nitrogen and oxygen atoms in total. The Hall–Kier alpha value is -2.29. The standard InChI is InChI=1S/C22H17IO/c23-17-10-18-24-22(19-11-4-1-5-12-19,20-13-6-2-7-14-20)21-15-8-3-9-16-21/h1-9,11-18H. The van der Waals surface area contributed by atoms with Crippen LogP contribution in [0.15, 0.2) is 107 Å². The van der Waals surface area contributed by atoms with Crippen LogP contribution < -0.4 is 0 Å². The summed E-state index contributed by atoms with van der Waals surface area (Å²) >= 11 is 2.14. The van der Waals surface area contributed by atoms with Gasteiger partial charge in [0, 0.05) is 20.8 Å². The molecule has 3 aromatic rings. The lowest BCUT2D eigenvalue weighted by atomic mass is 9.80. The number of ether oxygens (including phenoxy) is 1. The van der Waals surface area contributed by atoms with Crippen LogP contribution in [-0.2, 0) is 10.3 Å². The van der Waals surface area contributed by atoms with Crippen LogP contribution in [0, 0.1) is 0 Å². The smallest absolute Gasteiger partial charge is 0.184 e. The maximum absolute atomic E-state index is 6.36. The van der Waals surface area contributed by atoms with E-state index < -0.39 is 5.60 Å². The highest BCUT2D eigenvalue weighted by atomic mass is 127. The average Bonchev–Trinajstić information content (AvgIpc) is 2.68. The first-order valence-electron chi connectivity index (χ1n) is 7.72. The first-order valence-corrected chi connectivity index (χ1v) is 8.96. The number of rotatable bonds is 5. The molecule has 0 saturated heterocycles. The normalized spacial score (nSPS) is 10.5. The molecule has 0 aromatic heterocycles. The molecule has 0 aliphatic rings. The molecule has 0 radical (unpaired) electrons. The van der Waals surface area contributed by atoms with E-state index in [1.807, 2.05) is 58.7 Å². The van der Waals surface area contributed by atoms with E-state index in [4.69, 9.17) is 4.74 Å². The molecule has 3 rings (SSSR count). The molecule has 0 aliphatic heterocycles. The monoisotopic (exact) mass is 424 g/mol. The van der Waals surface area contributed by atoms with Gasteiger partial charge in [-0.3, -0.25) is 0 Å². The van der Waals surface area contributed by atoms with Gasteiger partial charge in [0.05, 0.1) is 0 Å². The van der Waals surface area contributed by atoms with Crippen molar-refractivity contribution >= 4 is 22.6 Å². The Kier molecular flexibility index (Phi) is 5.52. The van der Waals surface area contributed by atoms with Gasteiger partial charge in [0.1, 0.15) is 6.26 Å². The third-order valence-corrected chi connectivity index (χ3v) is 4.27. The van der Waals surface area contributed by atoms with E-state index in [1.54, 1.807) is 6.26 Å². The summed E-state index contributed by atoms with van der Waals surface area (Å²) in [6, 6.07) is 30.9. The molecule has 0 spiro atoms. The van der Waals surface area contributed by atoms with Crippen LogP contribution in [0.1, 0.15) is 16.7 Å². The van der Waals surface area contributed by atoms with Gasteiger partial charge < -0.3 is 4.74 Å². The van der Waals surface area contributed by atoms with Crippen LogP contribution in [0.4, 0.5) is 0 Å². The second kappa shape index (κ2) is 8.00. The van der Waals surface area contributed by atoms with Crippen molar-refractivity contribution in [2.45, 2.75) is 5.60 Å². The second-order valence-corrected chi connectivity index (χ2v) is 5.91. The Morgan fingerprint density at radius 3 is 1.38 bits per heavy atom. The van der Waals surface area contributed by atoms with Crippen LogP contribution in [0.3, 0.4) is 0 Å². The van der Waals surface area contributed by atoms with Gasteiger partial charge in [-0.25, -0.2) is 0 Å². The summed E-state index contributed by atoms with van der Waals surface area (Å²) in [7, 11) is 0. The minimum absolute atomic E-state index is 0.712. The van der Waals surface area contributed by atoms with Gasteiger partial charge in [-0.1, -0.05) is 96.7 Å². The van der Waals surface area contributed by atoms with Crippen LogP contribution >= 0.6 is 22.6 Å². The van der Waals surface area contributed by atoms with E-state index in [0.717, 1.165) is 16.7 Å². The Balaban J connectivity index is 2.30. The summed E-state index contributed by atoms with van der Waals surface area (Å²) in [4.78, 5) is 0.